The number of nitrogen functional groups attached to an aromatic ring is 1. The highest BCUT2D eigenvalue weighted by molar-refractivity contribution is 6.06. The van der Waals surface area contributed by atoms with Gasteiger partial charge in [-0.25, -0.2) is 9.07 Å². The number of nitrogens with zero attached hydrogens (tertiary/aromatic N) is 5. The van der Waals surface area contributed by atoms with Crippen molar-refractivity contribution in [3.05, 3.63) is 58.9 Å². The third-order valence-corrected chi connectivity index (χ3v) is 6.23. The highest BCUT2D eigenvalue weighted by Gasteiger charge is 2.51. The van der Waals surface area contributed by atoms with Crippen LogP contribution in [0.1, 0.15) is 13.5 Å². The van der Waals surface area contributed by atoms with Gasteiger partial charge in [-0.3, -0.25) is 23.9 Å². The number of pyridine rings is 1. The van der Waals surface area contributed by atoms with Crippen LogP contribution in [0.25, 0.3) is 16.7 Å². The zero-order valence-corrected chi connectivity index (χ0v) is 20.0. The molecule has 0 saturated carbocycles. The second kappa shape index (κ2) is 9.55. The fourth-order valence-corrected chi connectivity index (χ4v) is 4.11. The van der Waals surface area contributed by atoms with Crippen molar-refractivity contribution in [3.63, 3.8) is 0 Å². The topological polar surface area (TPSA) is 171 Å². The summed E-state index contributed by atoms with van der Waals surface area (Å²) in [6, 6.07) is 6.46. The number of amides is 2. The van der Waals surface area contributed by atoms with Crippen LogP contribution in [0.4, 0.5) is 30.5 Å². The summed E-state index contributed by atoms with van der Waals surface area (Å²) in [5, 5.41) is 21.4. The van der Waals surface area contributed by atoms with E-state index in [1.165, 1.54) is 19.1 Å². The zero-order valence-electron chi connectivity index (χ0n) is 20.0. The summed E-state index contributed by atoms with van der Waals surface area (Å²) in [5.41, 5.74) is 2.97. The molecule has 2 atom stereocenters. The van der Waals surface area contributed by atoms with Crippen LogP contribution in [0.5, 0.6) is 0 Å². The summed E-state index contributed by atoms with van der Waals surface area (Å²) >= 11 is 0. The zero-order chi connectivity index (χ0) is 28.1. The van der Waals surface area contributed by atoms with Gasteiger partial charge < -0.3 is 25.4 Å². The number of morpholine rings is 1. The van der Waals surface area contributed by atoms with Crippen LogP contribution in [0, 0.1) is 5.82 Å². The molecule has 1 fully saturated rings. The van der Waals surface area contributed by atoms with Crippen molar-refractivity contribution in [2.75, 3.05) is 29.1 Å². The van der Waals surface area contributed by atoms with Crippen LogP contribution in [-0.2, 0) is 14.3 Å². The van der Waals surface area contributed by atoms with E-state index in [-0.39, 0.29) is 40.5 Å². The van der Waals surface area contributed by atoms with Crippen molar-refractivity contribution in [1.29, 1.82) is 0 Å². The number of aromatic nitrogens is 4. The monoisotopic (exact) mass is 547 g/mol. The third-order valence-electron chi connectivity index (χ3n) is 6.23. The standard InChI is InChI=1S/C23H20F3N7O6/c1-23(17(35)20(36)28-11-2-4-13-15(8-11)39-30-18(13)27)21(37)31(6-7-38-23)19-14(24)10-33(29-19)12-3-5-16(34)32(9-12)22(25)26/h2-5,8-10,17,22,35H,6-7H2,1H3,(H2,27,30)(H,28,36)/t17-,23+/m0/s1. The molecule has 0 radical (unpaired) electrons. The molecule has 4 N–H and O–H groups in total. The molecule has 2 amide bonds. The Morgan fingerprint density at radius 2 is 2.00 bits per heavy atom. The Labute approximate surface area is 216 Å². The number of fused-ring (bicyclic) bond motifs is 1. The second-order valence-corrected chi connectivity index (χ2v) is 8.74. The van der Waals surface area contributed by atoms with Crippen molar-refractivity contribution in [3.8, 4) is 5.69 Å². The van der Waals surface area contributed by atoms with Crippen molar-refractivity contribution < 1.29 is 37.1 Å². The number of hydrogen-bond donors (Lipinski definition) is 3. The third kappa shape index (κ3) is 4.48. The first kappa shape index (κ1) is 25.9. The Balaban J connectivity index is 1.38. The molecule has 3 aromatic heterocycles. The summed E-state index contributed by atoms with van der Waals surface area (Å²) in [6.45, 7) is -2.35. The van der Waals surface area contributed by atoms with Gasteiger partial charge in [0.15, 0.2) is 34.7 Å². The molecule has 0 bridgehead atoms. The lowest BCUT2D eigenvalue weighted by molar-refractivity contribution is -0.170. The molecule has 0 spiro atoms. The van der Waals surface area contributed by atoms with E-state index in [0.29, 0.717) is 5.39 Å². The first-order chi connectivity index (χ1) is 18.5. The number of aliphatic hydroxyl groups excluding tert-OH is 1. The van der Waals surface area contributed by atoms with Crippen molar-refractivity contribution in [2.24, 2.45) is 0 Å². The lowest BCUT2D eigenvalue weighted by atomic mass is 9.94. The highest BCUT2D eigenvalue weighted by atomic mass is 19.3. The Kier molecular flexibility index (Phi) is 6.35. The summed E-state index contributed by atoms with van der Waals surface area (Å²) in [7, 11) is 0. The van der Waals surface area contributed by atoms with Gasteiger partial charge in [0.05, 0.1) is 30.4 Å². The molecule has 4 aromatic rings. The number of anilines is 3. The normalized spacial score (nSPS) is 18.6. The van der Waals surface area contributed by atoms with E-state index in [1.54, 1.807) is 6.07 Å². The predicted octanol–water partition coefficient (Wildman–Crippen LogP) is 1.41. The average molecular weight is 547 g/mol. The van der Waals surface area contributed by atoms with Gasteiger partial charge in [0.1, 0.15) is 0 Å². The van der Waals surface area contributed by atoms with Crippen LogP contribution < -0.4 is 21.5 Å². The SMILES string of the molecule is C[C@]1([C@@H](O)C(=O)Nc2ccc3c(N)noc3c2)OCCN(c2nn(-c3ccc(=O)n(C(F)F)c3)cc2F)C1=O. The molecule has 204 valence electrons. The number of halogens is 3. The fourth-order valence-electron chi connectivity index (χ4n) is 4.11. The molecule has 4 heterocycles. The number of carbonyl (C=O) groups excluding carboxylic acids is 2. The average Bonchev–Trinajstić information content (AvgIpc) is 3.47. The number of benzene rings is 1. The first-order valence-corrected chi connectivity index (χ1v) is 11.4. The minimum absolute atomic E-state index is 0.0755. The molecule has 0 unspecified atom stereocenters. The summed E-state index contributed by atoms with van der Waals surface area (Å²) < 4.78 is 52.7. The van der Waals surface area contributed by atoms with Crippen LogP contribution in [-0.4, -0.2) is 61.3 Å². The maximum absolute atomic E-state index is 14.9. The van der Waals surface area contributed by atoms with Crippen LogP contribution in [0.2, 0.25) is 0 Å². The minimum Gasteiger partial charge on any atom is -0.380 e. The van der Waals surface area contributed by atoms with Gasteiger partial charge in [0, 0.05) is 24.0 Å². The second-order valence-electron chi connectivity index (χ2n) is 8.74. The number of aliphatic hydroxyl groups is 1. The van der Waals surface area contributed by atoms with Gasteiger partial charge in [-0.2, -0.15) is 8.78 Å². The fraction of sp³-hybridized carbons (Fsp3) is 0.261. The summed E-state index contributed by atoms with van der Waals surface area (Å²) in [6.07, 6.45) is -0.420. The maximum Gasteiger partial charge on any atom is 0.321 e. The lowest BCUT2D eigenvalue weighted by Gasteiger charge is -2.40. The van der Waals surface area contributed by atoms with Gasteiger partial charge in [-0.15, -0.1) is 5.10 Å². The number of rotatable bonds is 6. The number of hydrogen-bond acceptors (Lipinski definition) is 9. The Bertz CT molecular complexity index is 1650. The number of alkyl halides is 2. The molecule has 1 aromatic carbocycles. The van der Waals surface area contributed by atoms with Crippen LogP contribution in [0.3, 0.4) is 0 Å². The first-order valence-electron chi connectivity index (χ1n) is 11.4. The number of nitrogens with one attached hydrogen (secondary N) is 1. The van der Waals surface area contributed by atoms with E-state index in [0.717, 1.165) is 34.1 Å². The Morgan fingerprint density at radius 1 is 1.23 bits per heavy atom. The van der Waals surface area contributed by atoms with E-state index < -0.39 is 47.3 Å². The molecule has 1 saturated heterocycles. The van der Waals surface area contributed by atoms with Gasteiger partial charge in [0.25, 0.3) is 17.4 Å². The molecule has 1 aliphatic heterocycles. The number of ether oxygens (including phenoxy) is 1. The van der Waals surface area contributed by atoms with Gasteiger partial charge in [-0.05, 0) is 25.1 Å². The molecule has 5 rings (SSSR count). The van der Waals surface area contributed by atoms with Crippen molar-refractivity contribution >= 4 is 40.1 Å². The Hall–Kier alpha value is -4.70. The maximum atomic E-state index is 14.9. The van der Waals surface area contributed by atoms with E-state index in [2.05, 4.69) is 15.6 Å². The largest absolute Gasteiger partial charge is 0.380 e. The molecule has 1 aliphatic rings. The molecular weight excluding hydrogens is 527 g/mol. The van der Waals surface area contributed by atoms with E-state index in [4.69, 9.17) is 15.0 Å². The van der Waals surface area contributed by atoms with E-state index in [9.17, 15) is 32.7 Å². The quantitative estimate of drug-likeness (QED) is 0.323. The minimum atomic E-state index is -3.14. The van der Waals surface area contributed by atoms with Gasteiger partial charge in [0.2, 0.25) is 0 Å². The summed E-state index contributed by atoms with van der Waals surface area (Å²) in [4.78, 5) is 38.7. The van der Waals surface area contributed by atoms with Gasteiger partial charge in [-0.1, -0.05) is 5.16 Å². The lowest BCUT2D eigenvalue weighted by Crippen LogP contribution is -2.63. The molecule has 16 heteroatoms. The van der Waals surface area contributed by atoms with Gasteiger partial charge >= 0.3 is 6.55 Å². The smallest absolute Gasteiger partial charge is 0.321 e. The highest BCUT2D eigenvalue weighted by Crippen LogP contribution is 2.30. The predicted molar refractivity (Wildman–Crippen MR) is 129 cm³/mol. The van der Waals surface area contributed by atoms with Crippen LogP contribution >= 0.6 is 0 Å². The molecule has 0 aliphatic carbocycles. The number of nitrogens with two attached hydrogens (primary N) is 1. The summed E-state index contributed by atoms with van der Waals surface area (Å²) in [5.74, 6) is -3.32. The van der Waals surface area contributed by atoms with Crippen molar-refractivity contribution in [2.45, 2.75) is 25.2 Å². The molecular formula is C23H20F3N7O6. The molecule has 39 heavy (non-hydrogen) atoms. The number of carbonyl (C=O) groups is 2. The van der Waals surface area contributed by atoms with E-state index >= 15 is 0 Å². The van der Waals surface area contributed by atoms with Crippen LogP contribution in [0.15, 0.2) is 52.0 Å². The Morgan fingerprint density at radius 3 is 2.74 bits per heavy atom. The van der Waals surface area contributed by atoms with E-state index in [1.807, 2.05) is 0 Å². The molecule has 13 nitrogen and oxygen atoms in total. The van der Waals surface area contributed by atoms with Crippen molar-refractivity contribution in [1.82, 2.24) is 19.5 Å².